The molecular weight excluding hydrogens is 392 g/mol. The third-order valence-electron chi connectivity index (χ3n) is 6.10. The van der Waals surface area contributed by atoms with Gasteiger partial charge in [-0.1, -0.05) is 0 Å². The molecule has 1 saturated heterocycles. The Bertz CT molecular complexity index is 1040. The predicted octanol–water partition coefficient (Wildman–Crippen LogP) is 2.30. The first-order valence-electron chi connectivity index (χ1n) is 10.2. The Labute approximate surface area is 171 Å². The van der Waals surface area contributed by atoms with Gasteiger partial charge in [-0.2, -0.15) is 5.10 Å². The van der Waals surface area contributed by atoms with E-state index in [1.165, 1.54) is 0 Å². The zero-order valence-corrected chi connectivity index (χ0v) is 16.4. The molecule has 2 aliphatic rings. The molecule has 3 aromatic rings. The number of nitrogens with zero attached hydrogens (tertiary/aromatic N) is 6. The van der Waals surface area contributed by atoms with Crippen molar-refractivity contribution >= 4 is 11.4 Å². The van der Waals surface area contributed by atoms with Crippen LogP contribution in [0.5, 0.6) is 0 Å². The van der Waals surface area contributed by atoms with Crippen LogP contribution in [0.2, 0.25) is 0 Å². The first-order chi connectivity index (χ1) is 14.5. The number of aromatic nitrogens is 5. The molecule has 0 radical (unpaired) electrons. The SMILES string of the molecule is O=C(NC1CCC(N2CCC(F)(F)C2)CC1)c1cn2nccc2c(-n2ccnc2)n1. The highest BCUT2D eigenvalue weighted by atomic mass is 19.3. The summed E-state index contributed by atoms with van der Waals surface area (Å²) < 4.78 is 30.3. The standard InChI is InChI=1S/C20H23F2N7O/c21-20(22)6-9-27(12-20)15-3-1-14(2-4-15)25-19(30)16-11-29-17(5-7-24-29)18(26-16)28-10-8-23-13-28/h5,7-8,10-11,13-15H,1-4,6,9,12H2,(H,25,30). The van der Waals surface area contributed by atoms with Crippen LogP contribution in [-0.2, 0) is 0 Å². The number of hydrogen-bond donors (Lipinski definition) is 1. The predicted molar refractivity (Wildman–Crippen MR) is 105 cm³/mol. The molecule has 30 heavy (non-hydrogen) atoms. The minimum Gasteiger partial charge on any atom is -0.348 e. The summed E-state index contributed by atoms with van der Waals surface area (Å²) in [5.74, 6) is -2.24. The maximum Gasteiger partial charge on any atom is 0.271 e. The van der Waals surface area contributed by atoms with E-state index in [4.69, 9.17) is 0 Å². The molecule has 1 amide bonds. The molecule has 4 heterocycles. The van der Waals surface area contributed by atoms with Crippen LogP contribution < -0.4 is 5.32 Å². The summed E-state index contributed by atoms with van der Waals surface area (Å²) in [4.78, 5) is 23.4. The fraction of sp³-hybridized carbons (Fsp3) is 0.500. The van der Waals surface area contributed by atoms with E-state index in [-0.39, 0.29) is 36.7 Å². The molecule has 0 atom stereocenters. The molecule has 1 aliphatic carbocycles. The lowest BCUT2D eigenvalue weighted by molar-refractivity contribution is 0.00504. The minimum absolute atomic E-state index is 0.0173. The second-order valence-electron chi connectivity index (χ2n) is 8.14. The van der Waals surface area contributed by atoms with Crippen molar-refractivity contribution in [3.05, 3.63) is 42.9 Å². The molecule has 8 nitrogen and oxygen atoms in total. The number of hydrogen-bond acceptors (Lipinski definition) is 5. The largest absolute Gasteiger partial charge is 0.348 e. The van der Waals surface area contributed by atoms with Gasteiger partial charge >= 0.3 is 0 Å². The van der Waals surface area contributed by atoms with Gasteiger partial charge in [-0.05, 0) is 31.7 Å². The van der Waals surface area contributed by atoms with Crippen molar-refractivity contribution in [1.29, 1.82) is 0 Å². The van der Waals surface area contributed by atoms with Crippen LogP contribution in [0.3, 0.4) is 0 Å². The van der Waals surface area contributed by atoms with E-state index in [1.807, 2.05) is 11.0 Å². The van der Waals surface area contributed by atoms with E-state index in [0.717, 1.165) is 31.2 Å². The van der Waals surface area contributed by atoms with E-state index in [2.05, 4.69) is 20.4 Å². The van der Waals surface area contributed by atoms with Crippen molar-refractivity contribution < 1.29 is 13.6 Å². The molecule has 1 saturated carbocycles. The Morgan fingerprint density at radius 1 is 1.20 bits per heavy atom. The lowest BCUT2D eigenvalue weighted by atomic mass is 9.90. The van der Waals surface area contributed by atoms with E-state index in [0.29, 0.717) is 12.4 Å². The molecule has 3 aromatic heterocycles. The van der Waals surface area contributed by atoms with Crippen LogP contribution in [0, 0.1) is 0 Å². The Hall–Kier alpha value is -2.88. The minimum atomic E-state index is -2.56. The molecule has 0 bridgehead atoms. The monoisotopic (exact) mass is 415 g/mol. The quantitative estimate of drug-likeness (QED) is 0.707. The number of carbonyl (C=O) groups is 1. The topological polar surface area (TPSA) is 80.4 Å². The molecule has 0 unspecified atom stereocenters. The number of rotatable bonds is 4. The van der Waals surface area contributed by atoms with Crippen molar-refractivity contribution in [2.24, 2.45) is 0 Å². The first-order valence-corrected chi connectivity index (χ1v) is 10.2. The summed E-state index contributed by atoms with van der Waals surface area (Å²) in [5, 5.41) is 7.30. The molecule has 5 rings (SSSR count). The van der Waals surface area contributed by atoms with E-state index in [1.54, 1.807) is 40.2 Å². The number of amides is 1. The highest BCUT2D eigenvalue weighted by molar-refractivity contribution is 5.93. The molecular formula is C20H23F2N7O. The van der Waals surface area contributed by atoms with Gasteiger partial charge in [-0.15, -0.1) is 0 Å². The van der Waals surface area contributed by atoms with Gasteiger partial charge in [0.1, 0.15) is 17.5 Å². The normalized spacial score (nSPS) is 24.3. The third kappa shape index (κ3) is 3.67. The molecule has 1 aliphatic heterocycles. The first kappa shape index (κ1) is 19.1. The fourth-order valence-corrected chi connectivity index (χ4v) is 4.51. The van der Waals surface area contributed by atoms with Crippen LogP contribution in [0.15, 0.2) is 37.2 Å². The van der Waals surface area contributed by atoms with Crippen LogP contribution in [-0.4, -0.2) is 66.1 Å². The zero-order valence-electron chi connectivity index (χ0n) is 16.4. The van der Waals surface area contributed by atoms with Crippen molar-refractivity contribution in [2.75, 3.05) is 13.1 Å². The van der Waals surface area contributed by atoms with Gasteiger partial charge in [0.2, 0.25) is 0 Å². The molecule has 2 fully saturated rings. The lowest BCUT2D eigenvalue weighted by Crippen LogP contribution is -2.44. The van der Waals surface area contributed by atoms with Crippen molar-refractivity contribution in [2.45, 2.75) is 50.1 Å². The average Bonchev–Trinajstić information content (AvgIpc) is 3.48. The third-order valence-corrected chi connectivity index (χ3v) is 6.10. The molecule has 0 spiro atoms. The van der Waals surface area contributed by atoms with Gasteiger partial charge < -0.3 is 5.32 Å². The molecule has 158 valence electrons. The van der Waals surface area contributed by atoms with Gasteiger partial charge in [0, 0.05) is 37.4 Å². The van der Waals surface area contributed by atoms with Gasteiger partial charge in [0.05, 0.1) is 18.9 Å². The van der Waals surface area contributed by atoms with Gasteiger partial charge in [-0.25, -0.2) is 23.3 Å². The summed E-state index contributed by atoms with van der Waals surface area (Å²) in [7, 11) is 0. The second-order valence-corrected chi connectivity index (χ2v) is 8.14. The Kier molecular flexibility index (Phi) is 4.73. The number of imidazole rings is 1. The van der Waals surface area contributed by atoms with Crippen molar-refractivity contribution in [3.63, 3.8) is 0 Å². The van der Waals surface area contributed by atoms with Crippen LogP contribution in [0.25, 0.3) is 11.3 Å². The van der Waals surface area contributed by atoms with Crippen LogP contribution >= 0.6 is 0 Å². The lowest BCUT2D eigenvalue weighted by Gasteiger charge is -2.34. The summed E-state index contributed by atoms with van der Waals surface area (Å²) >= 11 is 0. The van der Waals surface area contributed by atoms with Crippen LogP contribution in [0.4, 0.5) is 8.78 Å². The zero-order chi connectivity index (χ0) is 20.7. The Morgan fingerprint density at radius 2 is 2.03 bits per heavy atom. The number of nitrogens with one attached hydrogen (secondary N) is 1. The number of halogens is 2. The summed E-state index contributed by atoms with van der Waals surface area (Å²) in [6.07, 6.45) is 11.4. The summed E-state index contributed by atoms with van der Waals surface area (Å²) in [5.41, 5.74) is 1.05. The summed E-state index contributed by atoms with van der Waals surface area (Å²) in [6, 6.07) is 2.02. The number of alkyl halides is 2. The highest BCUT2D eigenvalue weighted by Gasteiger charge is 2.41. The van der Waals surface area contributed by atoms with Crippen LogP contribution in [0.1, 0.15) is 42.6 Å². The van der Waals surface area contributed by atoms with E-state index >= 15 is 0 Å². The number of fused-ring (bicyclic) bond motifs is 1. The second kappa shape index (κ2) is 7.42. The number of likely N-dealkylation sites (tertiary alicyclic amines) is 1. The van der Waals surface area contributed by atoms with Gasteiger partial charge in [0.25, 0.3) is 11.8 Å². The van der Waals surface area contributed by atoms with E-state index in [9.17, 15) is 13.6 Å². The highest BCUT2D eigenvalue weighted by Crippen LogP contribution is 2.32. The molecule has 1 N–H and O–H groups in total. The smallest absolute Gasteiger partial charge is 0.271 e. The van der Waals surface area contributed by atoms with Crippen molar-refractivity contribution in [1.82, 2.24) is 34.4 Å². The molecule has 10 heteroatoms. The average molecular weight is 415 g/mol. The maximum atomic E-state index is 13.5. The Morgan fingerprint density at radius 3 is 2.73 bits per heavy atom. The maximum absolute atomic E-state index is 13.5. The fourth-order valence-electron chi connectivity index (χ4n) is 4.51. The summed E-state index contributed by atoms with van der Waals surface area (Å²) in [6.45, 7) is 0.318. The molecule has 0 aromatic carbocycles. The van der Waals surface area contributed by atoms with Crippen molar-refractivity contribution in [3.8, 4) is 5.82 Å². The van der Waals surface area contributed by atoms with E-state index < -0.39 is 5.92 Å². The van der Waals surface area contributed by atoms with Gasteiger partial charge in [0.15, 0.2) is 5.82 Å². The van der Waals surface area contributed by atoms with Gasteiger partial charge in [-0.3, -0.25) is 14.3 Å². The number of carbonyl (C=O) groups excluding carboxylic acids is 1. The Balaban J connectivity index is 1.26.